The van der Waals surface area contributed by atoms with E-state index >= 15 is 0 Å². The first-order valence-electron chi connectivity index (χ1n) is 7.34. The summed E-state index contributed by atoms with van der Waals surface area (Å²) in [6.07, 6.45) is 6.84. The van der Waals surface area contributed by atoms with Crippen LogP contribution in [0, 0.1) is 11.8 Å². The van der Waals surface area contributed by atoms with Gasteiger partial charge in [-0.1, -0.05) is 17.1 Å². The number of allylic oxidation sites excluding steroid dienone is 2. The molecule has 0 radical (unpaired) electrons. The topological polar surface area (TPSA) is 43.7 Å². The Morgan fingerprint density at radius 3 is 3.05 bits per heavy atom. The fourth-order valence-electron chi connectivity index (χ4n) is 1.92. The number of aromatic nitrogens is 1. The number of ether oxygens (including phenoxy) is 1. The van der Waals surface area contributed by atoms with Crippen molar-refractivity contribution >= 4 is 5.71 Å². The molecule has 1 aromatic rings. The number of alkyl halides is 1. The molecule has 116 valence electrons. The number of pyridine rings is 1. The maximum Gasteiger partial charge on any atom is 0.216 e. The molecule has 0 N–H and O–H groups in total. The molecule has 4 nitrogen and oxygen atoms in total. The van der Waals surface area contributed by atoms with Gasteiger partial charge in [-0.25, -0.2) is 4.98 Å². The molecule has 1 aromatic heterocycles. The van der Waals surface area contributed by atoms with Gasteiger partial charge in [0.1, 0.15) is 5.69 Å². The van der Waals surface area contributed by atoms with Gasteiger partial charge < -0.3 is 9.57 Å². The van der Waals surface area contributed by atoms with Crippen molar-refractivity contribution in [2.45, 2.75) is 25.7 Å². The van der Waals surface area contributed by atoms with E-state index < -0.39 is 0 Å². The van der Waals surface area contributed by atoms with Crippen LogP contribution in [0.3, 0.4) is 0 Å². The summed E-state index contributed by atoms with van der Waals surface area (Å²) in [6, 6.07) is 5.65. The molecular formula is C17H19FN2O2. The van der Waals surface area contributed by atoms with Crippen LogP contribution in [-0.4, -0.2) is 30.8 Å². The Hall–Kier alpha value is -2.19. The van der Waals surface area contributed by atoms with Gasteiger partial charge in [-0.3, -0.25) is 4.39 Å². The lowest BCUT2D eigenvalue weighted by atomic mass is 9.98. The summed E-state index contributed by atoms with van der Waals surface area (Å²) in [5.74, 6) is 6.17. The first kappa shape index (κ1) is 16.2. The maximum atomic E-state index is 11.9. The summed E-state index contributed by atoms with van der Waals surface area (Å²) in [4.78, 5) is 9.24. The molecular weight excluding hydrogens is 283 g/mol. The Kier molecular flexibility index (Phi) is 7.13. The molecule has 0 bridgehead atoms. The minimum Gasteiger partial charge on any atom is -0.367 e. The highest BCUT2D eigenvalue weighted by Gasteiger charge is 2.07. The van der Waals surface area contributed by atoms with E-state index in [9.17, 15) is 4.39 Å². The van der Waals surface area contributed by atoms with Crippen LogP contribution in [-0.2, 0) is 9.57 Å². The summed E-state index contributed by atoms with van der Waals surface area (Å²) < 4.78 is 16.9. The molecule has 1 heterocycles. The second-order valence-corrected chi connectivity index (χ2v) is 4.77. The molecule has 0 fully saturated rings. The molecule has 0 atom stereocenters. The number of rotatable bonds is 6. The van der Waals surface area contributed by atoms with E-state index in [2.05, 4.69) is 22.0 Å². The SMILES string of the molecule is FCCCOCO/N=C1/C=C(C#Cc2ccccn2)CCC1. The van der Waals surface area contributed by atoms with Gasteiger partial charge in [0.2, 0.25) is 6.79 Å². The molecule has 0 saturated heterocycles. The van der Waals surface area contributed by atoms with Gasteiger partial charge >= 0.3 is 0 Å². The van der Waals surface area contributed by atoms with Crippen LogP contribution < -0.4 is 0 Å². The fourth-order valence-corrected chi connectivity index (χ4v) is 1.92. The fraction of sp³-hybridized carbons (Fsp3) is 0.412. The van der Waals surface area contributed by atoms with Crippen molar-refractivity contribution in [1.82, 2.24) is 4.98 Å². The quantitative estimate of drug-likeness (QED) is 0.351. The molecule has 2 rings (SSSR count). The highest BCUT2D eigenvalue weighted by Crippen LogP contribution is 2.15. The Balaban J connectivity index is 1.85. The molecule has 1 aliphatic rings. The van der Waals surface area contributed by atoms with Crippen molar-refractivity contribution < 1.29 is 14.0 Å². The molecule has 0 spiro atoms. The molecule has 0 aromatic carbocycles. The van der Waals surface area contributed by atoms with Gasteiger partial charge in [-0.15, -0.1) is 0 Å². The molecule has 0 aliphatic heterocycles. The smallest absolute Gasteiger partial charge is 0.216 e. The maximum absolute atomic E-state index is 11.9. The zero-order valence-electron chi connectivity index (χ0n) is 12.4. The van der Waals surface area contributed by atoms with Crippen molar-refractivity contribution in [3.63, 3.8) is 0 Å². The van der Waals surface area contributed by atoms with Crippen LogP contribution in [0.5, 0.6) is 0 Å². The molecule has 0 amide bonds. The summed E-state index contributed by atoms with van der Waals surface area (Å²) in [7, 11) is 0. The van der Waals surface area contributed by atoms with Gasteiger partial charge in [0.15, 0.2) is 0 Å². The standard InChI is InChI=1S/C17H19FN2O2/c18-10-4-12-21-14-22-20-17-7-3-5-15(13-17)8-9-16-6-1-2-11-19-16/h1-2,6,11,13H,3-5,7,10,12,14H2/b20-17+. The van der Waals surface area contributed by atoms with E-state index in [1.165, 1.54) is 0 Å². The van der Waals surface area contributed by atoms with E-state index in [0.717, 1.165) is 36.2 Å². The van der Waals surface area contributed by atoms with E-state index in [1.54, 1.807) is 6.20 Å². The van der Waals surface area contributed by atoms with Crippen LogP contribution in [0.2, 0.25) is 0 Å². The van der Waals surface area contributed by atoms with Gasteiger partial charge in [0.25, 0.3) is 0 Å². The Morgan fingerprint density at radius 1 is 1.27 bits per heavy atom. The van der Waals surface area contributed by atoms with Crippen molar-refractivity contribution in [3.05, 3.63) is 41.7 Å². The first-order chi connectivity index (χ1) is 10.9. The van der Waals surface area contributed by atoms with Crippen LogP contribution in [0.1, 0.15) is 31.4 Å². The third-order valence-electron chi connectivity index (χ3n) is 2.98. The van der Waals surface area contributed by atoms with Crippen molar-refractivity contribution in [2.75, 3.05) is 20.1 Å². The zero-order chi connectivity index (χ0) is 15.5. The predicted molar refractivity (Wildman–Crippen MR) is 83.0 cm³/mol. The molecule has 1 aliphatic carbocycles. The van der Waals surface area contributed by atoms with Gasteiger partial charge in [-0.2, -0.15) is 0 Å². The third-order valence-corrected chi connectivity index (χ3v) is 2.98. The Morgan fingerprint density at radius 2 is 2.23 bits per heavy atom. The highest BCUT2D eigenvalue weighted by molar-refractivity contribution is 5.96. The summed E-state index contributed by atoms with van der Waals surface area (Å²) in [5.41, 5.74) is 2.63. The summed E-state index contributed by atoms with van der Waals surface area (Å²) >= 11 is 0. The number of hydrogen-bond donors (Lipinski definition) is 0. The molecule has 0 unspecified atom stereocenters. The van der Waals surface area contributed by atoms with Crippen LogP contribution >= 0.6 is 0 Å². The number of halogens is 1. The second kappa shape index (κ2) is 9.69. The molecule has 5 heteroatoms. The van der Waals surface area contributed by atoms with Crippen molar-refractivity contribution in [3.8, 4) is 11.8 Å². The van der Waals surface area contributed by atoms with Gasteiger partial charge in [0.05, 0.1) is 19.0 Å². The zero-order valence-corrected chi connectivity index (χ0v) is 12.4. The predicted octanol–water partition coefficient (Wildman–Crippen LogP) is 3.25. The van der Waals surface area contributed by atoms with E-state index in [1.807, 2.05) is 24.3 Å². The average Bonchev–Trinajstić information content (AvgIpc) is 2.57. The Labute approximate surface area is 130 Å². The van der Waals surface area contributed by atoms with Crippen molar-refractivity contribution in [1.29, 1.82) is 0 Å². The van der Waals surface area contributed by atoms with Crippen LogP contribution in [0.25, 0.3) is 0 Å². The van der Waals surface area contributed by atoms with E-state index in [-0.39, 0.29) is 13.5 Å². The lowest BCUT2D eigenvalue weighted by Gasteiger charge is -2.09. The van der Waals surface area contributed by atoms with Crippen molar-refractivity contribution in [2.24, 2.45) is 5.16 Å². The summed E-state index contributed by atoms with van der Waals surface area (Å²) in [5, 5.41) is 4.02. The second-order valence-electron chi connectivity index (χ2n) is 4.77. The number of nitrogens with zero attached hydrogens (tertiary/aromatic N) is 2. The minimum absolute atomic E-state index is 0.0479. The first-order valence-corrected chi connectivity index (χ1v) is 7.34. The molecule has 22 heavy (non-hydrogen) atoms. The van der Waals surface area contributed by atoms with Gasteiger partial charge in [-0.05, 0) is 49.8 Å². The third kappa shape index (κ3) is 6.06. The lowest BCUT2D eigenvalue weighted by Crippen LogP contribution is -2.05. The molecule has 0 saturated carbocycles. The lowest BCUT2D eigenvalue weighted by molar-refractivity contribution is -0.0537. The van der Waals surface area contributed by atoms with Gasteiger partial charge in [0, 0.05) is 11.8 Å². The average molecular weight is 302 g/mol. The monoisotopic (exact) mass is 302 g/mol. The van der Waals surface area contributed by atoms with Crippen LogP contribution in [0.4, 0.5) is 4.39 Å². The number of oxime groups is 1. The number of hydrogen-bond acceptors (Lipinski definition) is 4. The van der Waals surface area contributed by atoms with E-state index in [0.29, 0.717) is 13.0 Å². The Bertz CT molecular complexity index is 573. The largest absolute Gasteiger partial charge is 0.367 e. The van der Waals surface area contributed by atoms with Crippen LogP contribution in [0.15, 0.2) is 41.2 Å². The normalized spacial score (nSPS) is 15.9. The van der Waals surface area contributed by atoms with E-state index in [4.69, 9.17) is 9.57 Å². The minimum atomic E-state index is -0.379. The highest BCUT2D eigenvalue weighted by atomic mass is 19.1. The summed E-state index contributed by atoms with van der Waals surface area (Å²) in [6.45, 7) is 0.0137.